The van der Waals surface area contributed by atoms with Gasteiger partial charge in [-0.05, 0) is 41.8 Å². The highest BCUT2D eigenvalue weighted by Crippen LogP contribution is 2.12. The van der Waals surface area contributed by atoms with E-state index in [-0.39, 0.29) is 24.1 Å². The number of carbonyl (C=O) groups excluding carboxylic acids is 1. The third kappa shape index (κ3) is 7.14. The predicted octanol–water partition coefficient (Wildman–Crippen LogP) is 4.59. The summed E-state index contributed by atoms with van der Waals surface area (Å²) in [4.78, 5) is 14.5. The zero-order chi connectivity index (χ0) is 17.4. The normalized spacial score (nSPS) is 10.2. The van der Waals surface area contributed by atoms with Crippen molar-refractivity contribution in [2.24, 2.45) is 0 Å². The summed E-state index contributed by atoms with van der Waals surface area (Å²) < 4.78 is 13.1. The quantitative estimate of drug-likeness (QED) is 0.550. The van der Waals surface area contributed by atoms with Crippen molar-refractivity contribution in [2.45, 2.75) is 39.2 Å². The molecule has 2 aromatic rings. The third-order valence-corrected chi connectivity index (χ3v) is 4.01. The highest BCUT2D eigenvalue weighted by atomic mass is 35.5. The molecule has 0 aliphatic carbocycles. The molecule has 0 saturated carbocycles. The van der Waals surface area contributed by atoms with Gasteiger partial charge in [0, 0.05) is 18.8 Å². The fourth-order valence-corrected chi connectivity index (χ4v) is 2.58. The Balaban J connectivity index is 0.00000312. The van der Waals surface area contributed by atoms with Gasteiger partial charge in [-0.2, -0.15) is 0 Å². The fourth-order valence-electron chi connectivity index (χ4n) is 2.58. The van der Waals surface area contributed by atoms with E-state index >= 15 is 0 Å². The fraction of sp³-hybridized carbons (Fsp3) is 0.350. The summed E-state index contributed by atoms with van der Waals surface area (Å²) in [6.45, 7) is 3.37. The molecule has 0 heterocycles. The van der Waals surface area contributed by atoms with Crippen LogP contribution in [0.2, 0.25) is 0 Å². The molecule has 3 nitrogen and oxygen atoms in total. The smallest absolute Gasteiger partial charge is 0.227 e. The van der Waals surface area contributed by atoms with Crippen LogP contribution in [0.5, 0.6) is 0 Å². The number of rotatable bonds is 8. The Hall–Kier alpha value is -2.07. The van der Waals surface area contributed by atoms with Gasteiger partial charge >= 0.3 is 0 Å². The molecule has 0 radical (unpaired) electrons. The Kier molecular flexibility index (Phi) is 9.00. The number of unbranched alkanes of at least 4 members (excludes halogenated alkanes) is 2. The van der Waals surface area contributed by atoms with Crippen molar-refractivity contribution in [3.05, 3.63) is 65.5 Å². The van der Waals surface area contributed by atoms with Gasteiger partial charge in [-0.1, -0.05) is 44.0 Å². The zero-order valence-electron chi connectivity index (χ0n) is 14.6. The molecule has 0 unspecified atom stereocenters. The van der Waals surface area contributed by atoms with Gasteiger partial charge in [-0.3, -0.25) is 4.79 Å². The number of nitrogen functional groups attached to an aromatic ring is 1. The van der Waals surface area contributed by atoms with Crippen LogP contribution in [0.1, 0.15) is 37.3 Å². The molecular formula is C20H26ClFN2O. The summed E-state index contributed by atoms with van der Waals surface area (Å²) in [6, 6.07) is 13.7. The minimum atomic E-state index is -0.260. The summed E-state index contributed by atoms with van der Waals surface area (Å²) in [5.41, 5.74) is 8.27. The summed E-state index contributed by atoms with van der Waals surface area (Å²) in [6.07, 6.45) is 3.53. The predicted molar refractivity (Wildman–Crippen MR) is 103 cm³/mol. The first-order chi connectivity index (χ1) is 11.6. The van der Waals surface area contributed by atoms with Crippen molar-refractivity contribution in [3.8, 4) is 0 Å². The van der Waals surface area contributed by atoms with E-state index in [1.165, 1.54) is 12.1 Å². The average molecular weight is 365 g/mol. The summed E-state index contributed by atoms with van der Waals surface area (Å²) in [5.74, 6) is -0.176. The zero-order valence-corrected chi connectivity index (χ0v) is 15.4. The molecule has 25 heavy (non-hydrogen) atoms. The van der Waals surface area contributed by atoms with E-state index in [0.717, 1.165) is 36.9 Å². The maximum absolute atomic E-state index is 13.1. The largest absolute Gasteiger partial charge is 0.399 e. The lowest BCUT2D eigenvalue weighted by Gasteiger charge is -2.23. The van der Waals surface area contributed by atoms with Gasteiger partial charge in [-0.15, -0.1) is 12.4 Å². The van der Waals surface area contributed by atoms with E-state index in [4.69, 9.17) is 5.73 Å². The number of nitrogens with zero attached hydrogens (tertiary/aromatic N) is 1. The first-order valence-corrected chi connectivity index (χ1v) is 8.45. The van der Waals surface area contributed by atoms with Crippen LogP contribution in [0.15, 0.2) is 48.5 Å². The lowest BCUT2D eigenvalue weighted by molar-refractivity contribution is -0.131. The first kappa shape index (κ1) is 21.0. The molecule has 0 saturated heterocycles. The molecule has 2 rings (SSSR count). The second-order valence-corrected chi connectivity index (χ2v) is 6.07. The Labute approximate surface area is 155 Å². The molecule has 136 valence electrons. The van der Waals surface area contributed by atoms with Crippen LogP contribution in [0.25, 0.3) is 0 Å². The molecule has 0 spiro atoms. The minimum Gasteiger partial charge on any atom is -0.399 e. The van der Waals surface area contributed by atoms with Crippen LogP contribution in [-0.2, 0) is 17.8 Å². The van der Waals surface area contributed by atoms with Crippen molar-refractivity contribution in [3.63, 3.8) is 0 Å². The maximum atomic E-state index is 13.1. The monoisotopic (exact) mass is 364 g/mol. The van der Waals surface area contributed by atoms with Crippen molar-refractivity contribution < 1.29 is 9.18 Å². The van der Waals surface area contributed by atoms with Gasteiger partial charge in [0.15, 0.2) is 0 Å². The molecule has 2 N–H and O–H groups in total. The number of hydrogen-bond acceptors (Lipinski definition) is 2. The van der Waals surface area contributed by atoms with E-state index in [1.807, 2.05) is 29.2 Å². The van der Waals surface area contributed by atoms with Gasteiger partial charge < -0.3 is 10.6 Å². The van der Waals surface area contributed by atoms with Gasteiger partial charge in [0.2, 0.25) is 5.91 Å². The maximum Gasteiger partial charge on any atom is 0.227 e. The minimum absolute atomic E-state index is 0. The summed E-state index contributed by atoms with van der Waals surface area (Å²) in [7, 11) is 0. The Morgan fingerprint density at radius 1 is 1.00 bits per heavy atom. The Morgan fingerprint density at radius 3 is 2.20 bits per heavy atom. The van der Waals surface area contributed by atoms with Gasteiger partial charge in [0.25, 0.3) is 0 Å². The molecule has 5 heteroatoms. The first-order valence-electron chi connectivity index (χ1n) is 8.45. The Morgan fingerprint density at radius 2 is 1.60 bits per heavy atom. The van der Waals surface area contributed by atoms with Crippen molar-refractivity contribution in [2.75, 3.05) is 12.3 Å². The average Bonchev–Trinajstić information content (AvgIpc) is 2.58. The number of carbonyl (C=O) groups is 1. The molecule has 0 atom stereocenters. The van der Waals surface area contributed by atoms with Crippen LogP contribution >= 0.6 is 12.4 Å². The SMILES string of the molecule is CCCCCN(Cc1ccc(F)cc1)C(=O)Cc1ccc(N)cc1.Cl. The Bertz CT molecular complexity index is 644. The van der Waals surface area contributed by atoms with Crippen LogP contribution in [0.3, 0.4) is 0 Å². The number of hydrogen-bond donors (Lipinski definition) is 1. The number of anilines is 1. The molecule has 0 bridgehead atoms. The standard InChI is InChI=1S/C20H25FN2O.ClH/c1-2-3-4-13-23(15-17-5-9-18(21)10-6-17)20(24)14-16-7-11-19(22)12-8-16;/h5-12H,2-4,13-15,22H2,1H3;1H. The molecule has 0 fully saturated rings. The van der Waals surface area contributed by atoms with Crippen LogP contribution in [0.4, 0.5) is 10.1 Å². The lowest BCUT2D eigenvalue weighted by atomic mass is 10.1. The summed E-state index contributed by atoms with van der Waals surface area (Å²) >= 11 is 0. The van der Waals surface area contributed by atoms with E-state index < -0.39 is 0 Å². The van der Waals surface area contributed by atoms with E-state index in [2.05, 4.69) is 6.92 Å². The van der Waals surface area contributed by atoms with Crippen molar-refractivity contribution >= 4 is 24.0 Å². The second kappa shape index (κ2) is 10.7. The third-order valence-electron chi connectivity index (χ3n) is 4.01. The van der Waals surface area contributed by atoms with Crippen LogP contribution in [0, 0.1) is 5.82 Å². The topological polar surface area (TPSA) is 46.3 Å². The van der Waals surface area contributed by atoms with Crippen LogP contribution < -0.4 is 5.73 Å². The molecule has 1 amide bonds. The van der Waals surface area contributed by atoms with E-state index in [1.54, 1.807) is 12.1 Å². The molecule has 0 aliphatic rings. The molecular weight excluding hydrogens is 339 g/mol. The second-order valence-electron chi connectivity index (χ2n) is 6.07. The van der Waals surface area contributed by atoms with Gasteiger partial charge in [0.05, 0.1) is 6.42 Å². The molecule has 0 aromatic heterocycles. The number of halogens is 2. The number of amides is 1. The molecule has 0 aliphatic heterocycles. The molecule has 2 aromatic carbocycles. The van der Waals surface area contributed by atoms with Gasteiger partial charge in [0.1, 0.15) is 5.82 Å². The summed E-state index contributed by atoms with van der Waals surface area (Å²) in [5, 5.41) is 0. The van der Waals surface area contributed by atoms with Crippen molar-refractivity contribution in [1.29, 1.82) is 0 Å². The highest BCUT2D eigenvalue weighted by Gasteiger charge is 2.14. The van der Waals surface area contributed by atoms with Crippen molar-refractivity contribution in [1.82, 2.24) is 4.90 Å². The highest BCUT2D eigenvalue weighted by molar-refractivity contribution is 5.85. The number of benzene rings is 2. The van der Waals surface area contributed by atoms with Crippen LogP contribution in [-0.4, -0.2) is 17.4 Å². The van der Waals surface area contributed by atoms with E-state index in [0.29, 0.717) is 18.7 Å². The van der Waals surface area contributed by atoms with Gasteiger partial charge in [-0.25, -0.2) is 4.39 Å². The number of nitrogens with two attached hydrogens (primary N) is 1. The lowest BCUT2D eigenvalue weighted by Crippen LogP contribution is -2.32. The van der Waals surface area contributed by atoms with E-state index in [9.17, 15) is 9.18 Å².